The molecule has 0 radical (unpaired) electrons. The highest BCUT2D eigenvalue weighted by atomic mass is 16.5. The van der Waals surface area contributed by atoms with Gasteiger partial charge in [0.05, 0.1) is 7.11 Å². The molecule has 0 atom stereocenters. The third-order valence-corrected chi connectivity index (χ3v) is 4.09. The molecule has 0 amide bonds. The Labute approximate surface area is 140 Å². The van der Waals surface area contributed by atoms with Crippen molar-refractivity contribution in [2.75, 3.05) is 25.1 Å². The standard InChI is InChI=1S/C21H27NO/c1-4-22(5-2)20-14-10-18(11-15-20)8-6-7-9-19-12-16-21(23-3)17-13-19/h6,8,10-17H,4-5,7,9H2,1-3H3/b8-6+. The van der Waals surface area contributed by atoms with E-state index in [-0.39, 0.29) is 0 Å². The second-order valence-electron chi connectivity index (χ2n) is 5.55. The molecule has 0 unspecified atom stereocenters. The number of ether oxygens (including phenoxy) is 1. The zero-order valence-electron chi connectivity index (χ0n) is 14.5. The Morgan fingerprint density at radius 1 is 0.913 bits per heavy atom. The zero-order valence-corrected chi connectivity index (χ0v) is 14.5. The molecule has 122 valence electrons. The second-order valence-corrected chi connectivity index (χ2v) is 5.55. The lowest BCUT2D eigenvalue weighted by Gasteiger charge is -2.20. The summed E-state index contributed by atoms with van der Waals surface area (Å²) in [6, 6.07) is 17.1. The highest BCUT2D eigenvalue weighted by Crippen LogP contribution is 2.16. The van der Waals surface area contributed by atoms with Gasteiger partial charge in [-0.05, 0) is 62.1 Å². The summed E-state index contributed by atoms with van der Waals surface area (Å²) < 4.78 is 5.18. The first-order valence-electron chi connectivity index (χ1n) is 8.41. The Morgan fingerprint density at radius 2 is 1.57 bits per heavy atom. The highest BCUT2D eigenvalue weighted by molar-refractivity contribution is 5.55. The van der Waals surface area contributed by atoms with E-state index in [2.05, 4.69) is 67.3 Å². The van der Waals surface area contributed by atoms with Gasteiger partial charge in [0.25, 0.3) is 0 Å². The average molecular weight is 309 g/mol. The lowest BCUT2D eigenvalue weighted by molar-refractivity contribution is 0.414. The summed E-state index contributed by atoms with van der Waals surface area (Å²) in [5.41, 5.74) is 3.90. The van der Waals surface area contributed by atoms with Crippen molar-refractivity contribution >= 4 is 11.8 Å². The van der Waals surface area contributed by atoms with Gasteiger partial charge >= 0.3 is 0 Å². The molecule has 2 aromatic rings. The second kappa shape index (κ2) is 9.04. The summed E-state index contributed by atoms with van der Waals surface area (Å²) in [5.74, 6) is 0.914. The number of nitrogens with zero attached hydrogens (tertiary/aromatic N) is 1. The van der Waals surface area contributed by atoms with Gasteiger partial charge in [-0.25, -0.2) is 0 Å². The molecule has 23 heavy (non-hydrogen) atoms. The van der Waals surface area contributed by atoms with Gasteiger partial charge in [0.15, 0.2) is 0 Å². The minimum absolute atomic E-state index is 0.914. The maximum Gasteiger partial charge on any atom is 0.118 e. The van der Waals surface area contributed by atoms with E-state index in [9.17, 15) is 0 Å². The molecule has 0 heterocycles. The van der Waals surface area contributed by atoms with Crippen LogP contribution in [0.2, 0.25) is 0 Å². The van der Waals surface area contributed by atoms with Crippen LogP contribution in [0.25, 0.3) is 6.08 Å². The largest absolute Gasteiger partial charge is 0.497 e. The Balaban J connectivity index is 1.85. The first-order chi connectivity index (χ1) is 11.3. The third-order valence-electron chi connectivity index (χ3n) is 4.09. The van der Waals surface area contributed by atoms with E-state index in [4.69, 9.17) is 4.74 Å². The first kappa shape index (κ1) is 17.1. The fourth-order valence-electron chi connectivity index (χ4n) is 2.65. The average Bonchev–Trinajstić information content (AvgIpc) is 2.61. The Bertz CT molecular complexity index is 595. The number of anilines is 1. The summed E-state index contributed by atoms with van der Waals surface area (Å²) in [4.78, 5) is 2.36. The van der Waals surface area contributed by atoms with Gasteiger partial charge in [-0.3, -0.25) is 0 Å². The van der Waals surface area contributed by atoms with Gasteiger partial charge < -0.3 is 9.64 Å². The molecule has 0 aromatic heterocycles. The van der Waals surface area contributed by atoms with Crippen LogP contribution in [0.4, 0.5) is 5.69 Å². The topological polar surface area (TPSA) is 12.5 Å². The molecule has 2 nitrogen and oxygen atoms in total. The van der Waals surface area contributed by atoms with Crippen LogP contribution < -0.4 is 9.64 Å². The maximum absolute atomic E-state index is 5.18. The van der Waals surface area contributed by atoms with Crippen LogP contribution in [0.3, 0.4) is 0 Å². The predicted octanol–water partition coefficient (Wildman–Crippen LogP) is 5.19. The number of hydrogen-bond donors (Lipinski definition) is 0. The molecule has 2 heteroatoms. The highest BCUT2D eigenvalue weighted by Gasteiger charge is 2.00. The molecular formula is C21H27NO. The van der Waals surface area contributed by atoms with Crippen molar-refractivity contribution in [3.05, 3.63) is 65.7 Å². The van der Waals surface area contributed by atoms with Crippen molar-refractivity contribution in [2.45, 2.75) is 26.7 Å². The van der Waals surface area contributed by atoms with Crippen LogP contribution in [-0.2, 0) is 6.42 Å². The van der Waals surface area contributed by atoms with Crippen molar-refractivity contribution in [1.82, 2.24) is 0 Å². The van der Waals surface area contributed by atoms with E-state index < -0.39 is 0 Å². The summed E-state index contributed by atoms with van der Waals surface area (Å²) in [6.45, 7) is 6.48. The van der Waals surface area contributed by atoms with Gasteiger partial charge in [0, 0.05) is 18.8 Å². The van der Waals surface area contributed by atoms with E-state index in [0.717, 1.165) is 31.7 Å². The molecular weight excluding hydrogens is 282 g/mol. The molecule has 2 aromatic carbocycles. The summed E-state index contributed by atoms with van der Waals surface area (Å²) in [7, 11) is 1.70. The van der Waals surface area contributed by atoms with E-state index in [0.29, 0.717) is 0 Å². The van der Waals surface area contributed by atoms with E-state index in [1.54, 1.807) is 7.11 Å². The van der Waals surface area contributed by atoms with Crippen molar-refractivity contribution in [1.29, 1.82) is 0 Å². The summed E-state index contributed by atoms with van der Waals surface area (Å²) in [5, 5.41) is 0. The Kier molecular flexibility index (Phi) is 6.74. The Morgan fingerprint density at radius 3 is 2.13 bits per heavy atom. The molecule has 0 spiro atoms. The SMILES string of the molecule is CCN(CC)c1ccc(/C=C/CCc2ccc(OC)cc2)cc1. The van der Waals surface area contributed by atoms with Crippen LogP contribution in [0.1, 0.15) is 31.4 Å². The van der Waals surface area contributed by atoms with E-state index in [1.165, 1.54) is 16.8 Å². The minimum Gasteiger partial charge on any atom is -0.497 e. The molecule has 0 aliphatic heterocycles. The molecule has 0 fully saturated rings. The molecule has 0 aliphatic rings. The summed E-state index contributed by atoms with van der Waals surface area (Å²) >= 11 is 0. The number of benzene rings is 2. The van der Waals surface area contributed by atoms with Crippen molar-refractivity contribution in [3.8, 4) is 5.75 Å². The lowest BCUT2D eigenvalue weighted by atomic mass is 10.1. The summed E-state index contributed by atoms with van der Waals surface area (Å²) in [6.07, 6.45) is 6.55. The fourth-order valence-corrected chi connectivity index (χ4v) is 2.65. The molecule has 0 saturated carbocycles. The van der Waals surface area contributed by atoms with Crippen LogP contribution in [0.15, 0.2) is 54.6 Å². The maximum atomic E-state index is 5.18. The normalized spacial score (nSPS) is 10.9. The van der Waals surface area contributed by atoms with Gasteiger partial charge in [-0.2, -0.15) is 0 Å². The number of aryl methyl sites for hydroxylation is 1. The number of methoxy groups -OCH3 is 1. The van der Waals surface area contributed by atoms with Gasteiger partial charge in [-0.1, -0.05) is 36.4 Å². The van der Waals surface area contributed by atoms with Gasteiger partial charge in [0.1, 0.15) is 5.75 Å². The molecule has 0 aliphatic carbocycles. The first-order valence-corrected chi connectivity index (χ1v) is 8.41. The Hall–Kier alpha value is -2.22. The van der Waals surface area contributed by atoms with Crippen molar-refractivity contribution in [3.63, 3.8) is 0 Å². The molecule has 0 N–H and O–H groups in total. The van der Waals surface area contributed by atoms with Crippen LogP contribution in [0.5, 0.6) is 5.75 Å². The van der Waals surface area contributed by atoms with Crippen molar-refractivity contribution in [2.24, 2.45) is 0 Å². The molecule has 0 saturated heterocycles. The molecule has 2 rings (SSSR count). The zero-order chi connectivity index (χ0) is 16.5. The van der Waals surface area contributed by atoms with Crippen molar-refractivity contribution < 1.29 is 4.74 Å². The molecule has 0 bridgehead atoms. The van der Waals surface area contributed by atoms with Gasteiger partial charge in [-0.15, -0.1) is 0 Å². The van der Waals surface area contributed by atoms with Gasteiger partial charge in [0.2, 0.25) is 0 Å². The van der Waals surface area contributed by atoms with Crippen LogP contribution in [-0.4, -0.2) is 20.2 Å². The number of allylic oxidation sites excluding steroid dienone is 1. The minimum atomic E-state index is 0.914. The van der Waals surface area contributed by atoms with Crippen LogP contribution in [0, 0.1) is 0 Å². The van der Waals surface area contributed by atoms with E-state index in [1.807, 2.05) is 12.1 Å². The third kappa shape index (κ3) is 5.17. The number of hydrogen-bond acceptors (Lipinski definition) is 2. The predicted molar refractivity (Wildman–Crippen MR) is 100 cm³/mol. The quantitative estimate of drug-likeness (QED) is 0.665. The number of rotatable bonds is 8. The lowest BCUT2D eigenvalue weighted by Crippen LogP contribution is -2.21. The fraction of sp³-hybridized carbons (Fsp3) is 0.333. The van der Waals surface area contributed by atoms with Crippen LogP contribution >= 0.6 is 0 Å². The van der Waals surface area contributed by atoms with E-state index >= 15 is 0 Å². The smallest absolute Gasteiger partial charge is 0.118 e. The monoisotopic (exact) mass is 309 g/mol.